The summed E-state index contributed by atoms with van der Waals surface area (Å²) >= 11 is 0. The van der Waals surface area contributed by atoms with Crippen molar-refractivity contribution in [3.63, 3.8) is 0 Å². The lowest BCUT2D eigenvalue weighted by Crippen LogP contribution is -2.48. The Bertz CT molecular complexity index is 369. The molecule has 124 valence electrons. The van der Waals surface area contributed by atoms with Gasteiger partial charge in [0.15, 0.2) is 0 Å². The van der Waals surface area contributed by atoms with E-state index in [0.29, 0.717) is 6.42 Å². The molecule has 4 nitrogen and oxygen atoms in total. The van der Waals surface area contributed by atoms with Gasteiger partial charge in [0.1, 0.15) is 0 Å². The van der Waals surface area contributed by atoms with E-state index in [2.05, 4.69) is 20.8 Å². The number of carboxylic acids is 2. The standard InChI is InChI=1S/C17H32O4/c1-8-9-11(2)13(14(18)19)17(7,15(20)21)12(3)10-16(4,5)6/h11-13H,8-10H2,1-7H3,(H,18,19)(H,20,21). The minimum absolute atomic E-state index is 0.0345. The van der Waals surface area contributed by atoms with Gasteiger partial charge in [-0.15, -0.1) is 0 Å². The first-order chi connectivity index (χ1) is 9.37. The fourth-order valence-electron chi connectivity index (χ4n) is 3.49. The van der Waals surface area contributed by atoms with Crippen LogP contribution in [0.25, 0.3) is 0 Å². The molecule has 0 radical (unpaired) electrons. The van der Waals surface area contributed by atoms with Gasteiger partial charge in [-0.2, -0.15) is 0 Å². The van der Waals surface area contributed by atoms with E-state index in [9.17, 15) is 19.8 Å². The van der Waals surface area contributed by atoms with Crippen molar-refractivity contribution < 1.29 is 19.8 Å². The average Bonchev–Trinajstić information content (AvgIpc) is 2.25. The van der Waals surface area contributed by atoms with Crippen molar-refractivity contribution >= 4 is 11.9 Å². The summed E-state index contributed by atoms with van der Waals surface area (Å²) in [5.41, 5.74) is -1.29. The van der Waals surface area contributed by atoms with Crippen LogP contribution in [0.15, 0.2) is 0 Å². The second kappa shape index (κ2) is 7.28. The lowest BCUT2D eigenvalue weighted by atomic mass is 9.60. The van der Waals surface area contributed by atoms with E-state index in [-0.39, 0.29) is 17.3 Å². The van der Waals surface area contributed by atoms with Crippen molar-refractivity contribution in [3.05, 3.63) is 0 Å². The number of hydrogen-bond acceptors (Lipinski definition) is 2. The SMILES string of the molecule is CCCC(C)C(C(=O)O)C(C)(C(=O)O)C(C)CC(C)(C)C. The summed E-state index contributed by atoms with van der Waals surface area (Å²) in [7, 11) is 0. The van der Waals surface area contributed by atoms with Gasteiger partial charge in [-0.3, -0.25) is 9.59 Å². The highest BCUT2D eigenvalue weighted by Crippen LogP contribution is 2.45. The number of carboxylic acid groups (broad SMARTS) is 2. The van der Waals surface area contributed by atoms with E-state index in [0.717, 1.165) is 12.8 Å². The zero-order valence-electron chi connectivity index (χ0n) is 14.6. The minimum atomic E-state index is -1.26. The molecule has 4 unspecified atom stereocenters. The van der Waals surface area contributed by atoms with Gasteiger partial charge in [0.2, 0.25) is 0 Å². The molecule has 0 bridgehead atoms. The molecular formula is C17H32O4. The van der Waals surface area contributed by atoms with E-state index < -0.39 is 23.3 Å². The molecule has 0 aliphatic rings. The van der Waals surface area contributed by atoms with E-state index in [4.69, 9.17) is 0 Å². The van der Waals surface area contributed by atoms with Crippen molar-refractivity contribution in [2.75, 3.05) is 0 Å². The van der Waals surface area contributed by atoms with Gasteiger partial charge in [-0.1, -0.05) is 54.4 Å². The Balaban J connectivity index is 5.68. The summed E-state index contributed by atoms with van der Waals surface area (Å²) in [5.74, 6) is -3.24. The van der Waals surface area contributed by atoms with E-state index in [1.807, 2.05) is 20.8 Å². The van der Waals surface area contributed by atoms with E-state index in [1.165, 1.54) is 0 Å². The summed E-state index contributed by atoms with van der Waals surface area (Å²) < 4.78 is 0. The third-order valence-corrected chi connectivity index (χ3v) is 4.63. The number of aliphatic carboxylic acids is 2. The van der Waals surface area contributed by atoms with Gasteiger partial charge in [0.05, 0.1) is 11.3 Å². The molecule has 0 heterocycles. The Morgan fingerprint density at radius 1 is 1.05 bits per heavy atom. The van der Waals surface area contributed by atoms with Gasteiger partial charge >= 0.3 is 11.9 Å². The third kappa shape index (κ3) is 5.01. The quantitative estimate of drug-likeness (QED) is 0.701. The maximum atomic E-state index is 11.9. The number of hydrogen-bond donors (Lipinski definition) is 2. The summed E-state index contributed by atoms with van der Waals surface area (Å²) in [6.07, 6.45) is 2.26. The lowest BCUT2D eigenvalue weighted by molar-refractivity contribution is -0.169. The maximum Gasteiger partial charge on any atom is 0.310 e. The first-order valence-electron chi connectivity index (χ1n) is 7.84. The summed E-state index contributed by atoms with van der Waals surface area (Å²) in [4.78, 5) is 23.7. The van der Waals surface area contributed by atoms with Crippen LogP contribution in [-0.4, -0.2) is 22.2 Å². The molecule has 0 aliphatic heterocycles. The largest absolute Gasteiger partial charge is 0.481 e. The predicted octanol–water partition coefficient (Wildman–Crippen LogP) is 4.29. The molecule has 0 aromatic rings. The minimum Gasteiger partial charge on any atom is -0.481 e. The molecule has 0 aliphatic carbocycles. The first kappa shape index (κ1) is 19.9. The zero-order chi connectivity index (χ0) is 17.0. The van der Waals surface area contributed by atoms with Gasteiger partial charge in [-0.25, -0.2) is 0 Å². The van der Waals surface area contributed by atoms with Crippen LogP contribution in [0.4, 0.5) is 0 Å². The predicted molar refractivity (Wildman–Crippen MR) is 84.2 cm³/mol. The van der Waals surface area contributed by atoms with Crippen LogP contribution in [0.1, 0.15) is 67.7 Å². The van der Waals surface area contributed by atoms with Gasteiger partial charge in [-0.05, 0) is 30.6 Å². The maximum absolute atomic E-state index is 11.9. The fraction of sp³-hybridized carbons (Fsp3) is 0.882. The molecule has 2 N–H and O–H groups in total. The second-order valence-corrected chi connectivity index (χ2v) is 7.84. The van der Waals surface area contributed by atoms with Crippen molar-refractivity contribution in [2.24, 2.45) is 28.6 Å². The van der Waals surface area contributed by atoms with Crippen LogP contribution < -0.4 is 0 Å². The van der Waals surface area contributed by atoms with Gasteiger partial charge in [0.25, 0.3) is 0 Å². The number of carbonyl (C=O) groups is 2. The average molecular weight is 300 g/mol. The Morgan fingerprint density at radius 3 is 1.81 bits per heavy atom. The molecule has 0 amide bonds. The summed E-state index contributed by atoms with van der Waals surface area (Å²) in [6.45, 7) is 13.5. The molecule has 4 atom stereocenters. The summed E-state index contributed by atoms with van der Waals surface area (Å²) in [5, 5.41) is 19.4. The Hall–Kier alpha value is -1.06. The highest BCUT2D eigenvalue weighted by molar-refractivity contribution is 5.83. The van der Waals surface area contributed by atoms with Crippen LogP contribution in [-0.2, 0) is 9.59 Å². The van der Waals surface area contributed by atoms with Crippen LogP contribution in [0.5, 0.6) is 0 Å². The zero-order valence-corrected chi connectivity index (χ0v) is 14.6. The molecule has 0 rings (SSSR count). The molecule has 0 saturated carbocycles. The van der Waals surface area contributed by atoms with Crippen molar-refractivity contribution in [1.82, 2.24) is 0 Å². The monoisotopic (exact) mass is 300 g/mol. The molecule has 0 saturated heterocycles. The van der Waals surface area contributed by atoms with E-state index >= 15 is 0 Å². The van der Waals surface area contributed by atoms with Gasteiger partial charge < -0.3 is 10.2 Å². The second-order valence-electron chi connectivity index (χ2n) is 7.84. The molecule has 0 spiro atoms. The summed E-state index contributed by atoms with van der Waals surface area (Å²) in [6, 6.07) is 0. The Labute approximate surface area is 128 Å². The number of rotatable bonds is 8. The van der Waals surface area contributed by atoms with Crippen LogP contribution in [0, 0.1) is 28.6 Å². The normalized spacial score (nSPS) is 19.4. The van der Waals surface area contributed by atoms with Crippen LogP contribution >= 0.6 is 0 Å². The van der Waals surface area contributed by atoms with Crippen molar-refractivity contribution in [1.29, 1.82) is 0 Å². The molecule has 0 aromatic carbocycles. The first-order valence-corrected chi connectivity index (χ1v) is 7.84. The lowest BCUT2D eigenvalue weighted by Gasteiger charge is -2.41. The van der Waals surface area contributed by atoms with Crippen LogP contribution in [0.3, 0.4) is 0 Å². The highest BCUT2D eigenvalue weighted by Gasteiger charge is 2.51. The van der Waals surface area contributed by atoms with Gasteiger partial charge in [0, 0.05) is 0 Å². The Morgan fingerprint density at radius 2 is 1.52 bits per heavy atom. The van der Waals surface area contributed by atoms with Crippen molar-refractivity contribution in [2.45, 2.75) is 67.7 Å². The highest BCUT2D eigenvalue weighted by atomic mass is 16.4. The molecular weight excluding hydrogens is 268 g/mol. The molecule has 0 aromatic heterocycles. The molecule has 4 heteroatoms. The molecule has 0 fully saturated rings. The van der Waals surface area contributed by atoms with Crippen LogP contribution in [0.2, 0.25) is 0 Å². The smallest absolute Gasteiger partial charge is 0.310 e. The third-order valence-electron chi connectivity index (χ3n) is 4.63. The Kier molecular flexibility index (Phi) is 6.91. The topological polar surface area (TPSA) is 74.6 Å². The fourth-order valence-corrected chi connectivity index (χ4v) is 3.49. The molecule has 21 heavy (non-hydrogen) atoms. The van der Waals surface area contributed by atoms with Crippen molar-refractivity contribution in [3.8, 4) is 0 Å². The van der Waals surface area contributed by atoms with E-state index in [1.54, 1.807) is 6.92 Å².